The molecule has 0 rings (SSSR count). The van der Waals surface area contributed by atoms with Gasteiger partial charge < -0.3 is 0 Å². The van der Waals surface area contributed by atoms with E-state index < -0.39 is 0 Å². The van der Waals surface area contributed by atoms with E-state index in [1.807, 2.05) is 20.8 Å². The molecule has 0 aliphatic heterocycles. The second kappa shape index (κ2) is 37.2. The van der Waals surface area contributed by atoms with Gasteiger partial charge in [-0.25, -0.2) is 0 Å². The van der Waals surface area contributed by atoms with Gasteiger partial charge in [0.25, 0.3) is 0 Å². The fourth-order valence-corrected chi connectivity index (χ4v) is 0.697. The summed E-state index contributed by atoms with van der Waals surface area (Å²) in [6.45, 7) is 20.3. The second-order valence-corrected chi connectivity index (χ2v) is 3.42. The summed E-state index contributed by atoms with van der Waals surface area (Å²) < 4.78 is 0. The molecule has 0 aromatic heterocycles. The van der Waals surface area contributed by atoms with Crippen molar-refractivity contribution in [1.29, 1.82) is 0 Å². The topological polar surface area (TPSA) is 0 Å². The van der Waals surface area contributed by atoms with Crippen LogP contribution in [0.3, 0.4) is 0 Å². The van der Waals surface area contributed by atoms with E-state index in [-0.39, 0.29) is 0 Å². The second-order valence-electron chi connectivity index (χ2n) is 3.42. The summed E-state index contributed by atoms with van der Waals surface area (Å²) in [7, 11) is 0. The highest BCUT2D eigenvalue weighted by Gasteiger charge is 1.92. The van der Waals surface area contributed by atoms with Gasteiger partial charge in [-0.3, -0.25) is 0 Å². The molecular formula is C15H36. The molecule has 0 heteroatoms. The van der Waals surface area contributed by atoms with E-state index in [9.17, 15) is 0 Å². The van der Waals surface area contributed by atoms with Gasteiger partial charge in [0.05, 0.1) is 0 Å². The third-order valence-electron chi connectivity index (χ3n) is 1.48. The van der Waals surface area contributed by atoms with Crippen LogP contribution in [0.1, 0.15) is 81.1 Å². The average molecular weight is 216 g/mol. The maximum absolute atomic E-state index is 3.36. The van der Waals surface area contributed by atoms with Crippen molar-refractivity contribution in [1.82, 2.24) is 0 Å². The number of allylic oxidation sites excluding steroid dienone is 1. The van der Waals surface area contributed by atoms with Gasteiger partial charge in [-0.15, -0.1) is 6.58 Å². The Morgan fingerprint density at radius 2 is 1.33 bits per heavy atom. The van der Waals surface area contributed by atoms with Crippen LogP contribution in [0.4, 0.5) is 0 Å². The van der Waals surface area contributed by atoms with Crippen molar-refractivity contribution in [3.63, 3.8) is 0 Å². The molecular weight excluding hydrogens is 180 g/mol. The molecule has 0 aliphatic rings. The molecule has 1 atom stereocenters. The fraction of sp³-hybridized carbons (Fsp3) is 0.867. The van der Waals surface area contributed by atoms with E-state index in [4.69, 9.17) is 0 Å². The molecule has 0 spiro atoms. The first kappa shape index (κ1) is 24.1. The molecule has 96 valence electrons. The summed E-state index contributed by atoms with van der Waals surface area (Å²) in [5.41, 5.74) is 0. The van der Waals surface area contributed by atoms with Crippen molar-refractivity contribution in [2.45, 2.75) is 81.1 Å². The van der Waals surface area contributed by atoms with Crippen molar-refractivity contribution in [2.24, 2.45) is 5.92 Å². The van der Waals surface area contributed by atoms with Gasteiger partial charge in [0.15, 0.2) is 0 Å². The number of hydrogen-bond donors (Lipinski definition) is 0. The molecule has 0 fully saturated rings. The summed E-state index contributed by atoms with van der Waals surface area (Å²) in [5.74, 6) is 0.949. The SMILES string of the molecule is C=CC.CC.CCC.CCCC(C)CC. The van der Waals surface area contributed by atoms with Gasteiger partial charge in [-0.1, -0.05) is 80.2 Å². The Hall–Kier alpha value is -0.260. The predicted octanol–water partition coefficient (Wildman–Crippen LogP) is 6.47. The monoisotopic (exact) mass is 216 g/mol. The number of hydrogen-bond acceptors (Lipinski definition) is 0. The summed E-state index contributed by atoms with van der Waals surface area (Å²) in [5, 5.41) is 0. The minimum absolute atomic E-state index is 0.949. The molecule has 0 nitrogen and oxygen atoms in total. The van der Waals surface area contributed by atoms with Crippen molar-refractivity contribution < 1.29 is 0 Å². The largest absolute Gasteiger partial charge is 0.103 e. The van der Waals surface area contributed by atoms with Gasteiger partial charge >= 0.3 is 0 Å². The first-order valence-corrected chi connectivity index (χ1v) is 6.71. The lowest BCUT2D eigenvalue weighted by Gasteiger charge is -2.02. The average Bonchev–Trinajstić information content (AvgIpc) is 2.23. The maximum atomic E-state index is 3.36. The molecule has 0 heterocycles. The van der Waals surface area contributed by atoms with Crippen LogP contribution in [0.25, 0.3) is 0 Å². The van der Waals surface area contributed by atoms with Crippen LogP contribution in [0, 0.1) is 5.92 Å². The van der Waals surface area contributed by atoms with E-state index in [2.05, 4.69) is 41.2 Å². The van der Waals surface area contributed by atoms with Crippen LogP contribution < -0.4 is 0 Å². The van der Waals surface area contributed by atoms with Gasteiger partial charge in [0, 0.05) is 0 Å². The Kier molecular flexibility index (Phi) is 59.9. The van der Waals surface area contributed by atoms with Crippen LogP contribution in [-0.4, -0.2) is 0 Å². The lowest BCUT2D eigenvalue weighted by Crippen LogP contribution is -1.88. The molecule has 0 saturated carbocycles. The van der Waals surface area contributed by atoms with Crippen molar-refractivity contribution in [3.8, 4) is 0 Å². The molecule has 1 unspecified atom stereocenters. The van der Waals surface area contributed by atoms with Crippen LogP contribution >= 0.6 is 0 Å². The van der Waals surface area contributed by atoms with Crippen LogP contribution in [0.5, 0.6) is 0 Å². The normalized spacial score (nSPS) is 9.07. The molecule has 0 bridgehead atoms. The van der Waals surface area contributed by atoms with E-state index >= 15 is 0 Å². The third-order valence-corrected chi connectivity index (χ3v) is 1.48. The van der Waals surface area contributed by atoms with E-state index in [1.165, 1.54) is 25.7 Å². The maximum Gasteiger partial charge on any atom is -0.0446 e. The predicted molar refractivity (Wildman–Crippen MR) is 77.5 cm³/mol. The highest BCUT2D eigenvalue weighted by atomic mass is 14.0. The minimum atomic E-state index is 0.949. The first-order chi connectivity index (χ1) is 7.14. The smallest absolute Gasteiger partial charge is 0.0446 e. The van der Waals surface area contributed by atoms with Gasteiger partial charge in [-0.2, -0.15) is 0 Å². The zero-order valence-corrected chi connectivity index (χ0v) is 12.7. The summed E-state index contributed by atoms with van der Waals surface area (Å²) in [4.78, 5) is 0. The molecule has 0 N–H and O–H groups in total. The van der Waals surface area contributed by atoms with Crippen LogP contribution in [0.15, 0.2) is 12.7 Å². The van der Waals surface area contributed by atoms with Gasteiger partial charge in [-0.05, 0) is 12.8 Å². The molecule has 0 aliphatic carbocycles. The van der Waals surface area contributed by atoms with E-state index in [0.29, 0.717) is 0 Å². The Morgan fingerprint density at radius 3 is 1.40 bits per heavy atom. The van der Waals surface area contributed by atoms with Crippen molar-refractivity contribution in [3.05, 3.63) is 12.7 Å². The van der Waals surface area contributed by atoms with Gasteiger partial charge in [0.1, 0.15) is 0 Å². The highest BCUT2D eigenvalue weighted by Crippen LogP contribution is 2.07. The lowest BCUT2D eigenvalue weighted by molar-refractivity contribution is 0.509. The number of rotatable bonds is 3. The Labute approximate surface area is 100 Å². The van der Waals surface area contributed by atoms with Crippen LogP contribution in [-0.2, 0) is 0 Å². The Balaban J connectivity index is -0.0000000638. The minimum Gasteiger partial charge on any atom is -0.103 e. The summed E-state index contributed by atoms with van der Waals surface area (Å²) in [6.07, 6.45) is 7.08. The molecule has 0 aromatic rings. The Morgan fingerprint density at radius 1 is 1.07 bits per heavy atom. The quantitative estimate of drug-likeness (QED) is 0.474. The molecule has 0 amide bonds. The molecule has 0 saturated heterocycles. The van der Waals surface area contributed by atoms with Crippen LogP contribution in [0.2, 0.25) is 0 Å². The Bertz CT molecular complexity index is 64.4. The summed E-state index contributed by atoms with van der Waals surface area (Å²) >= 11 is 0. The molecule has 0 radical (unpaired) electrons. The van der Waals surface area contributed by atoms with Crippen molar-refractivity contribution in [2.75, 3.05) is 0 Å². The molecule has 15 heavy (non-hydrogen) atoms. The zero-order valence-electron chi connectivity index (χ0n) is 12.7. The van der Waals surface area contributed by atoms with E-state index in [0.717, 1.165) is 5.92 Å². The zero-order chi connectivity index (χ0) is 13.1. The van der Waals surface area contributed by atoms with Crippen molar-refractivity contribution >= 4 is 0 Å². The first-order valence-electron chi connectivity index (χ1n) is 6.71. The standard InChI is InChI=1S/C7H16.C3H8.C3H6.C2H6/c1-4-6-7(3)5-2;2*1-3-2;1-2/h7H,4-6H2,1-3H3;3H2,1-2H3;3H,1H2,2H3;1-2H3. The fourth-order valence-electron chi connectivity index (χ4n) is 0.697. The van der Waals surface area contributed by atoms with Gasteiger partial charge in [0.2, 0.25) is 0 Å². The third kappa shape index (κ3) is 84.3. The van der Waals surface area contributed by atoms with E-state index in [1.54, 1.807) is 6.08 Å². The summed E-state index contributed by atoms with van der Waals surface area (Å²) in [6, 6.07) is 0. The molecule has 0 aromatic carbocycles. The lowest BCUT2D eigenvalue weighted by atomic mass is 10.0. The highest BCUT2D eigenvalue weighted by molar-refractivity contribution is 4.51.